The molecule has 0 aliphatic heterocycles. The number of amides is 1. The van der Waals surface area contributed by atoms with E-state index < -0.39 is 0 Å². The quantitative estimate of drug-likeness (QED) is 0.736. The Morgan fingerprint density at radius 2 is 2.09 bits per heavy atom. The fraction of sp³-hybridized carbons (Fsp3) is 0.375. The van der Waals surface area contributed by atoms with Gasteiger partial charge in [-0.15, -0.1) is 11.8 Å². The Morgan fingerprint density at radius 1 is 1.36 bits per heavy atom. The van der Waals surface area contributed by atoms with Gasteiger partial charge in [-0.3, -0.25) is 9.48 Å². The van der Waals surface area contributed by atoms with Gasteiger partial charge in [-0.2, -0.15) is 5.10 Å². The molecule has 1 aromatic carbocycles. The Kier molecular flexibility index (Phi) is 5.89. The van der Waals surface area contributed by atoms with Crippen LogP contribution in [0.25, 0.3) is 0 Å². The topological polar surface area (TPSA) is 47.4 Å². The van der Waals surface area contributed by atoms with Gasteiger partial charge in [0.1, 0.15) is 5.75 Å². The van der Waals surface area contributed by atoms with Gasteiger partial charge in [-0.25, -0.2) is 0 Å². The van der Waals surface area contributed by atoms with Gasteiger partial charge < -0.3 is 9.64 Å². The summed E-state index contributed by atoms with van der Waals surface area (Å²) in [6, 6.07) is 7.87. The van der Waals surface area contributed by atoms with E-state index in [0.717, 1.165) is 22.0 Å². The molecule has 1 amide bonds. The number of methoxy groups -OCH3 is 1. The third kappa shape index (κ3) is 4.80. The second-order valence-corrected chi connectivity index (χ2v) is 6.21. The van der Waals surface area contributed by atoms with Crippen molar-refractivity contribution in [3.05, 3.63) is 42.2 Å². The van der Waals surface area contributed by atoms with Gasteiger partial charge in [-0.05, 0) is 24.3 Å². The van der Waals surface area contributed by atoms with Crippen molar-refractivity contribution in [2.75, 3.05) is 19.9 Å². The number of hydrogen-bond acceptors (Lipinski definition) is 4. The van der Waals surface area contributed by atoms with Crippen LogP contribution in [-0.4, -0.2) is 40.5 Å². The highest BCUT2D eigenvalue weighted by atomic mass is 32.2. The van der Waals surface area contributed by atoms with Gasteiger partial charge >= 0.3 is 0 Å². The summed E-state index contributed by atoms with van der Waals surface area (Å²) in [5, 5.41) is 4.11. The number of carbonyl (C=O) groups is 1. The van der Waals surface area contributed by atoms with Crippen LogP contribution in [0.15, 0.2) is 41.6 Å². The third-order valence-electron chi connectivity index (χ3n) is 3.25. The van der Waals surface area contributed by atoms with Crippen LogP contribution in [0.2, 0.25) is 0 Å². The lowest BCUT2D eigenvalue weighted by atomic mass is 10.3. The van der Waals surface area contributed by atoms with Crippen LogP contribution in [0.1, 0.15) is 12.0 Å². The summed E-state index contributed by atoms with van der Waals surface area (Å²) in [5.41, 5.74) is 1.04. The Hall–Kier alpha value is -1.95. The van der Waals surface area contributed by atoms with Crippen LogP contribution >= 0.6 is 11.8 Å². The average molecular weight is 319 g/mol. The highest BCUT2D eigenvalue weighted by Gasteiger charge is 2.10. The first-order chi connectivity index (χ1) is 10.6. The number of aryl methyl sites for hydroxylation is 1. The zero-order chi connectivity index (χ0) is 15.9. The second-order valence-electron chi connectivity index (χ2n) is 5.05. The standard InChI is InChI=1S/C16H21N3O2S/c1-18(11-13-10-17-19(2)12-13)16(20)8-9-22-15-6-4-14(21-3)5-7-15/h4-7,10,12H,8-9,11H2,1-3H3. The van der Waals surface area contributed by atoms with Crippen molar-refractivity contribution in [3.63, 3.8) is 0 Å². The number of benzene rings is 1. The fourth-order valence-electron chi connectivity index (χ4n) is 2.03. The molecule has 2 aromatic rings. The minimum Gasteiger partial charge on any atom is -0.497 e. The first-order valence-corrected chi connectivity index (χ1v) is 8.05. The molecule has 5 nitrogen and oxygen atoms in total. The maximum Gasteiger partial charge on any atom is 0.223 e. The van der Waals surface area contributed by atoms with Gasteiger partial charge in [0.05, 0.1) is 13.3 Å². The summed E-state index contributed by atoms with van der Waals surface area (Å²) in [5.74, 6) is 1.75. The van der Waals surface area contributed by atoms with Gasteiger partial charge in [0.2, 0.25) is 5.91 Å². The Balaban J connectivity index is 1.74. The molecule has 2 rings (SSSR count). The van der Waals surface area contributed by atoms with Gasteiger partial charge in [0.15, 0.2) is 0 Å². The minimum atomic E-state index is 0.143. The maximum absolute atomic E-state index is 12.1. The lowest BCUT2D eigenvalue weighted by Gasteiger charge is -2.16. The number of thioether (sulfide) groups is 1. The van der Waals surface area contributed by atoms with Crippen LogP contribution in [0.3, 0.4) is 0 Å². The highest BCUT2D eigenvalue weighted by molar-refractivity contribution is 7.99. The summed E-state index contributed by atoms with van der Waals surface area (Å²) in [6.07, 6.45) is 4.24. The molecule has 0 unspecified atom stereocenters. The van der Waals surface area contributed by atoms with Gasteiger partial charge in [0.25, 0.3) is 0 Å². The maximum atomic E-state index is 12.1. The zero-order valence-electron chi connectivity index (χ0n) is 13.2. The fourth-order valence-corrected chi connectivity index (χ4v) is 2.88. The summed E-state index contributed by atoms with van der Waals surface area (Å²) in [7, 11) is 5.35. The number of aromatic nitrogens is 2. The molecule has 0 spiro atoms. The predicted octanol–water partition coefficient (Wildman–Crippen LogP) is 2.57. The first kappa shape index (κ1) is 16.4. The van der Waals surface area contributed by atoms with Crippen molar-refractivity contribution < 1.29 is 9.53 Å². The molecule has 0 aliphatic rings. The molecule has 6 heteroatoms. The highest BCUT2D eigenvalue weighted by Crippen LogP contribution is 2.22. The Bertz CT molecular complexity index is 610. The monoisotopic (exact) mass is 319 g/mol. The number of rotatable bonds is 7. The van der Waals surface area contributed by atoms with E-state index in [0.29, 0.717) is 13.0 Å². The Labute approximate surface area is 135 Å². The molecule has 0 radical (unpaired) electrons. The van der Waals surface area contributed by atoms with Gasteiger partial charge in [0, 0.05) is 49.5 Å². The molecule has 0 fully saturated rings. The summed E-state index contributed by atoms with van der Waals surface area (Å²) < 4.78 is 6.87. The van der Waals surface area contributed by atoms with Crippen LogP contribution in [0.4, 0.5) is 0 Å². The van der Waals surface area contributed by atoms with Crippen molar-refractivity contribution >= 4 is 17.7 Å². The smallest absolute Gasteiger partial charge is 0.223 e. The average Bonchev–Trinajstić information content (AvgIpc) is 2.93. The molecule has 0 N–H and O–H groups in total. The lowest BCUT2D eigenvalue weighted by molar-refractivity contribution is -0.129. The molecule has 0 saturated heterocycles. The zero-order valence-corrected chi connectivity index (χ0v) is 14.0. The van der Waals surface area contributed by atoms with Gasteiger partial charge in [-0.1, -0.05) is 0 Å². The number of ether oxygens (including phenoxy) is 1. The van der Waals surface area contributed by atoms with E-state index in [1.807, 2.05) is 44.6 Å². The molecule has 1 heterocycles. The minimum absolute atomic E-state index is 0.143. The van der Waals surface area contributed by atoms with Crippen LogP contribution in [0, 0.1) is 0 Å². The summed E-state index contributed by atoms with van der Waals surface area (Å²) >= 11 is 1.68. The van der Waals surface area contributed by atoms with E-state index >= 15 is 0 Å². The molecule has 0 bridgehead atoms. The van der Waals surface area contributed by atoms with E-state index in [4.69, 9.17) is 4.74 Å². The molecular weight excluding hydrogens is 298 g/mol. The summed E-state index contributed by atoms with van der Waals surface area (Å²) in [4.78, 5) is 15.0. The molecule has 1 aromatic heterocycles. The number of carbonyl (C=O) groups excluding carboxylic acids is 1. The Morgan fingerprint density at radius 3 is 2.68 bits per heavy atom. The molecule has 0 aliphatic carbocycles. The number of nitrogens with zero attached hydrogens (tertiary/aromatic N) is 3. The predicted molar refractivity (Wildman–Crippen MR) is 88.0 cm³/mol. The van der Waals surface area contributed by atoms with Crippen LogP contribution in [-0.2, 0) is 18.4 Å². The van der Waals surface area contributed by atoms with Crippen LogP contribution < -0.4 is 4.74 Å². The third-order valence-corrected chi connectivity index (χ3v) is 4.26. The van der Waals surface area contributed by atoms with E-state index in [9.17, 15) is 4.79 Å². The van der Waals surface area contributed by atoms with Crippen molar-refractivity contribution in [2.45, 2.75) is 17.9 Å². The largest absolute Gasteiger partial charge is 0.497 e. The second kappa shape index (κ2) is 7.89. The van der Waals surface area contributed by atoms with E-state index in [2.05, 4.69) is 5.10 Å². The van der Waals surface area contributed by atoms with E-state index in [-0.39, 0.29) is 5.91 Å². The number of hydrogen-bond donors (Lipinski definition) is 0. The first-order valence-electron chi connectivity index (χ1n) is 7.07. The molecule has 22 heavy (non-hydrogen) atoms. The SMILES string of the molecule is COc1ccc(SCCC(=O)N(C)Cc2cnn(C)c2)cc1. The van der Waals surface area contributed by atoms with Crippen molar-refractivity contribution in [1.82, 2.24) is 14.7 Å². The molecular formula is C16H21N3O2S. The van der Waals surface area contributed by atoms with Crippen molar-refractivity contribution in [1.29, 1.82) is 0 Å². The normalized spacial score (nSPS) is 10.5. The molecule has 0 saturated carbocycles. The van der Waals surface area contributed by atoms with Crippen molar-refractivity contribution in [3.8, 4) is 5.75 Å². The lowest BCUT2D eigenvalue weighted by Crippen LogP contribution is -2.26. The molecule has 118 valence electrons. The van der Waals surface area contributed by atoms with Crippen molar-refractivity contribution in [2.24, 2.45) is 7.05 Å². The van der Waals surface area contributed by atoms with E-state index in [1.54, 1.807) is 34.7 Å². The summed E-state index contributed by atoms with van der Waals surface area (Å²) in [6.45, 7) is 0.597. The van der Waals surface area contributed by atoms with E-state index in [1.165, 1.54) is 0 Å². The molecule has 0 atom stereocenters. The van der Waals surface area contributed by atoms with Crippen LogP contribution in [0.5, 0.6) is 5.75 Å².